The molecule has 2 amide bonds. The fourth-order valence-corrected chi connectivity index (χ4v) is 1.97. The number of nitrogens with one attached hydrogen (secondary N) is 2. The molecule has 0 spiro atoms. The number of ether oxygens (including phenoxy) is 1. The Balaban J connectivity index is 2.84. The minimum absolute atomic E-state index is 0.218. The number of rotatable bonds is 6. The van der Waals surface area contributed by atoms with Crippen molar-refractivity contribution in [3.05, 3.63) is 35.4 Å². The van der Waals surface area contributed by atoms with Crippen LogP contribution in [-0.4, -0.2) is 53.5 Å². The van der Waals surface area contributed by atoms with Crippen LogP contribution in [0.3, 0.4) is 0 Å². The van der Waals surface area contributed by atoms with E-state index in [0.717, 1.165) is 0 Å². The van der Waals surface area contributed by atoms with E-state index in [2.05, 4.69) is 29.0 Å². The molecule has 0 aliphatic carbocycles. The van der Waals surface area contributed by atoms with Gasteiger partial charge >= 0.3 is 0 Å². The van der Waals surface area contributed by atoms with Crippen LogP contribution in [0.4, 0.5) is 0 Å². The summed E-state index contributed by atoms with van der Waals surface area (Å²) in [4.78, 5) is 24.0. The maximum Gasteiger partial charge on any atom is 0.267 e. The standard InChI is InChI=1S/C19H23N3O5/c1-19(2,20)16(18(25)22-26)21-17(24)14-10-8-13(9-11-14)6-4-5-7-15(12-23)27-3/h8-11,15-16,23,26H,12,20H2,1-3H3,(H,21,24)(H,22,25)/t15?,16-/m1/s1. The predicted molar refractivity (Wildman–Crippen MR) is 98.4 cm³/mol. The molecule has 1 aromatic rings. The first kappa shape index (κ1) is 22.2. The number of aliphatic hydroxyl groups is 1. The Morgan fingerprint density at radius 3 is 2.37 bits per heavy atom. The van der Waals surface area contributed by atoms with Gasteiger partial charge in [0.1, 0.15) is 12.1 Å². The first-order valence-electron chi connectivity index (χ1n) is 8.02. The molecule has 0 aromatic heterocycles. The molecule has 144 valence electrons. The summed E-state index contributed by atoms with van der Waals surface area (Å²) in [5.74, 6) is 9.31. The van der Waals surface area contributed by atoms with Crippen molar-refractivity contribution in [3.8, 4) is 23.7 Å². The molecule has 8 heteroatoms. The zero-order valence-electron chi connectivity index (χ0n) is 15.4. The second kappa shape index (κ2) is 10.3. The Morgan fingerprint density at radius 2 is 1.89 bits per heavy atom. The number of hydrogen-bond donors (Lipinski definition) is 5. The zero-order chi connectivity index (χ0) is 20.4. The summed E-state index contributed by atoms with van der Waals surface area (Å²) >= 11 is 0. The second-order valence-corrected chi connectivity index (χ2v) is 6.21. The van der Waals surface area contributed by atoms with Crippen LogP contribution >= 0.6 is 0 Å². The first-order valence-corrected chi connectivity index (χ1v) is 8.02. The molecular weight excluding hydrogens is 350 g/mol. The lowest BCUT2D eigenvalue weighted by molar-refractivity contribution is -0.132. The Hall–Kier alpha value is -2.88. The van der Waals surface area contributed by atoms with Crippen LogP contribution in [0.2, 0.25) is 0 Å². The highest BCUT2D eigenvalue weighted by molar-refractivity contribution is 5.97. The molecule has 1 unspecified atom stereocenters. The number of amides is 2. The third kappa shape index (κ3) is 7.10. The number of methoxy groups -OCH3 is 1. The van der Waals surface area contributed by atoms with Gasteiger partial charge in [-0.15, -0.1) is 0 Å². The molecule has 1 aromatic carbocycles. The number of benzene rings is 1. The first-order chi connectivity index (χ1) is 12.7. The minimum atomic E-state index is -1.12. The maximum absolute atomic E-state index is 12.3. The van der Waals surface area contributed by atoms with Crippen molar-refractivity contribution in [1.82, 2.24) is 10.8 Å². The Kier molecular flexibility index (Phi) is 8.46. The number of carbonyl (C=O) groups excluding carboxylic acids is 2. The summed E-state index contributed by atoms with van der Waals surface area (Å²) in [7, 11) is 1.44. The summed E-state index contributed by atoms with van der Waals surface area (Å²) in [6.45, 7) is 2.89. The average molecular weight is 373 g/mol. The van der Waals surface area contributed by atoms with Crippen LogP contribution in [-0.2, 0) is 9.53 Å². The van der Waals surface area contributed by atoms with E-state index in [4.69, 9.17) is 20.8 Å². The molecule has 0 saturated heterocycles. The molecule has 27 heavy (non-hydrogen) atoms. The molecule has 6 N–H and O–H groups in total. The largest absolute Gasteiger partial charge is 0.393 e. The van der Waals surface area contributed by atoms with Gasteiger partial charge in [-0.25, -0.2) is 5.48 Å². The van der Waals surface area contributed by atoms with Crippen LogP contribution in [0.1, 0.15) is 29.8 Å². The van der Waals surface area contributed by atoms with Crippen LogP contribution in [0.25, 0.3) is 0 Å². The van der Waals surface area contributed by atoms with Crippen molar-refractivity contribution in [2.75, 3.05) is 13.7 Å². The maximum atomic E-state index is 12.3. The molecule has 8 nitrogen and oxygen atoms in total. The molecule has 2 atom stereocenters. The van der Waals surface area contributed by atoms with Gasteiger partial charge < -0.3 is 20.9 Å². The summed E-state index contributed by atoms with van der Waals surface area (Å²) in [6.07, 6.45) is -0.582. The smallest absolute Gasteiger partial charge is 0.267 e. The van der Waals surface area contributed by atoms with Crippen molar-refractivity contribution in [3.63, 3.8) is 0 Å². The topological polar surface area (TPSA) is 134 Å². The quantitative estimate of drug-likeness (QED) is 0.257. The van der Waals surface area contributed by atoms with Crippen LogP contribution in [0, 0.1) is 23.7 Å². The Labute approximate surface area is 158 Å². The van der Waals surface area contributed by atoms with E-state index in [0.29, 0.717) is 11.1 Å². The highest BCUT2D eigenvalue weighted by atomic mass is 16.5. The van der Waals surface area contributed by atoms with E-state index in [-0.39, 0.29) is 6.61 Å². The van der Waals surface area contributed by atoms with Gasteiger partial charge in [0, 0.05) is 23.8 Å². The van der Waals surface area contributed by atoms with Crippen molar-refractivity contribution < 1.29 is 24.6 Å². The van der Waals surface area contributed by atoms with Gasteiger partial charge in [0.15, 0.2) is 0 Å². The van der Waals surface area contributed by atoms with Gasteiger partial charge in [-0.05, 0) is 50.0 Å². The van der Waals surface area contributed by atoms with Crippen LogP contribution in [0.15, 0.2) is 24.3 Å². The fourth-order valence-electron chi connectivity index (χ4n) is 1.97. The van der Waals surface area contributed by atoms with E-state index in [1.165, 1.54) is 24.7 Å². The van der Waals surface area contributed by atoms with E-state index < -0.39 is 29.5 Å². The van der Waals surface area contributed by atoms with Crippen LogP contribution < -0.4 is 16.5 Å². The van der Waals surface area contributed by atoms with Crippen molar-refractivity contribution in [2.24, 2.45) is 5.73 Å². The number of nitrogens with two attached hydrogens (primary N) is 1. The van der Waals surface area contributed by atoms with Gasteiger partial charge in [0.2, 0.25) is 0 Å². The molecule has 0 radical (unpaired) electrons. The van der Waals surface area contributed by atoms with E-state index in [9.17, 15) is 9.59 Å². The third-order valence-corrected chi connectivity index (χ3v) is 3.49. The van der Waals surface area contributed by atoms with E-state index in [1.807, 2.05) is 0 Å². The Bertz CT molecular complexity index is 772. The predicted octanol–water partition coefficient (Wildman–Crippen LogP) is -0.610. The summed E-state index contributed by atoms with van der Waals surface area (Å²) in [5.41, 5.74) is 7.21. The van der Waals surface area contributed by atoms with Crippen molar-refractivity contribution in [2.45, 2.75) is 31.5 Å². The van der Waals surface area contributed by atoms with Crippen molar-refractivity contribution in [1.29, 1.82) is 0 Å². The molecule has 1 rings (SSSR count). The highest BCUT2D eigenvalue weighted by Crippen LogP contribution is 2.08. The summed E-state index contributed by atoms with van der Waals surface area (Å²) in [6, 6.07) is 5.20. The molecule has 0 fully saturated rings. The third-order valence-electron chi connectivity index (χ3n) is 3.49. The van der Waals surface area contributed by atoms with Gasteiger partial charge in [-0.3, -0.25) is 14.8 Å². The van der Waals surface area contributed by atoms with Gasteiger partial charge in [0.05, 0.1) is 6.61 Å². The van der Waals surface area contributed by atoms with Gasteiger partial charge in [0.25, 0.3) is 11.8 Å². The second-order valence-electron chi connectivity index (χ2n) is 6.21. The number of carbonyl (C=O) groups is 2. The summed E-state index contributed by atoms with van der Waals surface area (Å²) < 4.78 is 4.89. The van der Waals surface area contributed by atoms with Gasteiger partial charge in [-0.1, -0.05) is 11.8 Å². The minimum Gasteiger partial charge on any atom is -0.393 e. The molecule has 0 bridgehead atoms. The zero-order valence-corrected chi connectivity index (χ0v) is 15.4. The average Bonchev–Trinajstić information content (AvgIpc) is 2.65. The molecular formula is C19H23N3O5. The number of aliphatic hydroxyl groups excluding tert-OH is 1. The van der Waals surface area contributed by atoms with E-state index in [1.54, 1.807) is 26.0 Å². The lowest BCUT2D eigenvalue weighted by Crippen LogP contribution is -2.61. The molecule has 0 aliphatic heterocycles. The SMILES string of the molecule is COC(C#CC#Cc1ccc(C(=O)N[C@H](C(=O)NO)C(C)(C)N)cc1)CO. The fraction of sp³-hybridized carbons (Fsp3) is 0.368. The lowest BCUT2D eigenvalue weighted by atomic mass is 9.95. The normalized spacial score (nSPS) is 12.5. The number of hydroxylamine groups is 1. The molecule has 0 saturated carbocycles. The molecule has 0 aliphatic rings. The summed E-state index contributed by atoms with van der Waals surface area (Å²) in [5, 5.41) is 20.2. The highest BCUT2D eigenvalue weighted by Gasteiger charge is 2.33. The van der Waals surface area contributed by atoms with E-state index >= 15 is 0 Å². The molecule has 0 heterocycles. The Morgan fingerprint density at radius 1 is 1.26 bits per heavy atom. The lowest BCUT2D eigenvalue weighted by Gasteiger charge is -2.29. The number of hydrogen-bond acceptors (Lipinski definition) is 6. The monoisotopic (exact) mass is 373 g/mol. The van der Waals surface area contributed by atoms with Crippen LogP contribution in [0.5, 0.6) is 0 Å². The van der Waals surface area contributed by atoms with Gasteiger partial charge in [-0.2, -0.15) is 0 Å². The van der Waals surface area contributed by atoms with Crippen molar-refractivity contribution >= 4 is 11.8 Å².